The van der Waals surface area contributed by atoms with Crippen molar-refractivity contribution in [2.24, 2.45) is 0 Å². The lowest BCUT2D eigenvalue weighted by atomic mass is 9.99. The van der Waals surface area contributed by atoms with Crippen LogP contribution in [0.3, 0.4) is 0 Å². The normalized spacial score (nSPS) is 12.7. The van der Waals surface area contributed by atoms with Crippen LogP contribution in [0, 0.1) is 0 Å². The first-order valence-corrected chi connectivity index (χ1v) is 8.81. The molecular formula is C18H18BrNS. The Hall–Kier alpha value is -1.16. The predicted octanol–water partition coefficient (Wildman–Crippen LogP) is 5.04. The van der Waals surface area contributed by atoms with Gasteiger partial charge >= 0.3 is 0 Å². The van der Waals surface area contributed by atoms with Crippen molar-refractivity contribution in [1.29, 1.82) is 0 Å². The van der Waals surface area contributed by atoms with Crippen LogP contribution < -0.4 is 5.32 Å². The van der Waals surface area contributed by atoms with Gasteiger partial charge in [-0.05, 0) is 53.9 Å². The average Bonchev–Trinajstić information content (AvgIpc) is 2.92. The predicted molar refractivity (Wildman–Crippen MR) is 96.2 cm³/mol. The molecule has 3 aromatic rings. The van der Waals surface area contributed by atoms with Gasteiger partial charge in [0.25, 0.3) is 0 Å². The Kier molecular flexibility index (Phi) is 4.73. The second-order valence-electron chi connectivity index (χ2n) is 5.24. The molecule has 0 saturated carbocycles. The second kappa shape index (κ2) is 6.73. The van der Waals surface area contributed by atoms with E-state index in [9.17, 15) is 0 Å². The van der Waals surface area contributed by atoms with Gasteiger partial charge in [-0.25, -0.2) is 0 Å². The van der Waals surface area contributed by atoms with Crippen LogP contribution in [0.5, 0.6) is 0 Å². The standard InChI is InChI=1S/C18H18BrNS/c1-20-15(10-13-6-2-4-8-17(13)19)11-14-12-21-18-9-5-3-7-16(14)18/h2-9,12,15,20H,10-11H2,1H3. The van der Waals surface area contributed by atoms with Crippen LogP contribution in [-0.4, -0.2) is 13.1 Å². The Bertz CT molecular complexity index is 735. The molecule has 0 fully saturated rings. The molecule has 108 valence electrons. The van der Waals surface area contributed by atoms with Gasteiger partial charge in [-0.2, -0.15) is 0 Å². The highest BCUT2D eigenvalue weighted by atomic mass is 79.9. The van der Waals surface area contributed by atoms with E-state index < -0.39 is 0 Å². The summed E-state index contributed by atoms with van der Waals surface area (Å²) in [6.07, 6.45) is 2.09. The van der Waals surface area contributed by atoms with E-state index in [-0.39, 0.29) is 0 Å². The summed E-state index contributed by atoms with van der Waals surface area (Å²) in [5, 5.41) is 7.16. The minimum atomic E-state index is 0.446. The van der Waals surface area contributed by atoms with Crippen molar-refractivity contribution >= 4 is 37.4 Å². The largest absolute Gasteiger partial charge is 0.316 e. The third-order valence-electron chi connectivity index (χ3n) is 3.86. The summed E-state index contributed by atoms with van der Waals surface area (Å²) < 4.78 is 2.57. The van der Waals surface area contributed by atoms with Gasteiger partial charge in [0.05, 0.1) is 0 Å². The fourth-order valence-electron chi connectivity index (χ4n) is 2.66. The van der Waals surface area contributed by atoms with E-state index in [1.165, 1.54) is 25.7 Å². The molecule has 1 aromatic heterocycles. The number of benzene rings is 2. The van der Waals surface area contributed by atoms with E-state index in [1.807, 2.05) is 11.3 Å². The summed E-state index contributed by atoms with van der Waals surface area (Å²) in [5.41, 5.74) is 2.80. The number of hydrogen-bond donors (Lipinski definition) is 1. The van der Waals surface area contributed by atoms with Crippen molar-refractivity contribution < 1.29 is 0 Å². The highest BCUT2D eigenvalue weighted by Gasteiger charge is 2.13. The van der Waals surface area contributed by atoms with E-state index in [2.05, 4.69) is 82.2 Å². The smallest absolute Gasteiger partial charge is 0.0345 e. The molecular weight excluding hydrogens is 342 g/mol. The van der Waals surface area contributed by atoms with Crippen molar-refractivity contribution in [1.82, 2.24) is 5.32 Å². The summed E-state index contributed by atoms with van der Waals surface area (Å²) in [6, 6.07) is 17.6. The molecule has 0 aliphatic heterocycles. The fraction of sp³-hybridized carbons (Fsp3) is 0.222. The number of hydrogen-bond acceptors (Lipinski definition) is 2. The van der Waals surface area contributed by atoms with Crippen LogP contribution in [0.15, 0.2) is 58.4 Å². The SMILES string of the molecule is CNC(Cc1ccccc1Br)Cc1csc2ccccc12. The summed E-state index contributed by atoms with van der Waals surface area (Å²) in [5.74, 6) is 0. The Balaban J connectivity index is 1.80. The third kappa shape index (κ3) is 3.37. The number of fused-ring (bicyclic) bond motifs is 1. The van der Waals surface area contributed by atoms with Gasteiger partial charge in [-0.3, -0.25) is 0 Å². The van der Waals surface area contributed by atoms with Crippen LogP contribution in [0.4, 0.5) is 0 Å². The van der Waals surface area contributed by atoms with Crippen LogP contribution in [-0.2, 0) is 12.8 Å². The molecule has 3 rings (SSSR count). The molecule has 1 N–H and O–H groups in total. The van der Waals surface area contributed by atoms with Crippen LogP contribution in [0.1, 0.15) is 11.1 Å². The van der Waals surface area contributed by atoms with Crippen molar-refractivity contribution in [3.05, 3.63) is 69.5 Å². The molecule has 1 unspecified atom stereocenters. The maximum Gasteiger partial charge on any atom is 0.0345 e. The van der Waals surface area contributed by atoms with Gasteiger partial charge in [-0.15, -0.1) is 11.3 Å². The van der Waals surface area contributed by atoms with Gasteiger partial charge in [0.1, 0.15) is 0 Å². The number of halogens is 1. The summed E-state index contributed by atoms with van der Waals surface area (Å²) >= 11 is 5.48. The topological polar surface area (TPSA) is 12.0 Å². The summed E-state index contributed by atoms with van der Waals surface area (Å²) in [4.78, 5) is 0. The van der Waals surface area contributed by atoms with Gasteiger partial charge < -0.3 is 5.32 Å². The van der Waals surface area contributed by atoms with Gasteiger partial charge in [0, 0.05) is 15.2 Å². The van der Waals surface area contributed by atoms with Crippen molar-refractivity contribution in [2.45, 2.75) is 18.9 Å². The average molecular weight is 360 g/mol. The van der Waals surface area contributed by atoms with Gasteiger partial charge in [0.2, 0.25) is 0 Å². The maximum atomic E-state index is 3.65. The van der Waals surface area contributed by atoms with Crippen molar-refractivity contribution in [3.63, 3.8) is 0 Å². The van der Waals surface area contributed by atoms with E-state index in [4.69, 9.17) is 0 Å². The Morgan fingerprint density at radius 3 is 2.52 bits per heavy atom. The van der Waals surface area contributed by atoms with Crippen molar-refractivity contribution in [3.8, 4) is 0 Å². The lowest BCUT2D eigenvalue weighted by molar-refractivity contribution is 0.557. The van der Waals surface area contributed by atoms with E-state index >= 15 is 0 Å². The molecule has 0 aliphatic rings. The zero-order chi connectivity index (χ0) is 14.7. The number of rotatable bonds is 5. The highest BCUT2D eigenvalue weighted by molar-refractivity contribution is 9.10. The molecule has 0 bridgehead atoms. The fourth-order valence-corrected chi connectivity index (χ4v) is 4.08. The molecule has 0 aliphatic carbocycles. The first-order valence-electron chi connectivity index (χ1n) is 7.13. The molecule has 21 heavy (non-hydrogen) atoms. The quantitative estimate of drug-likeness (QED) is 0.672. The molecule has 1 heterocycles. The van der Waals surface area contributed by atoms with E-state index in [1.54, 1.807) is 0 Å². The van der Waals surface area contributed by atoms with Crippen molar-refractivity contribution in [2.75, 3.05) is 7.05 Å². The highest BCUT2D eigenvalue weighted by Crippen LogP contribution is 2.27. The minimum Gasteiger partial charge on any atom is -0.316 e. The summed E-state index contributed by atoms with van der Waals surface area (Å²) in [7, 11) is 2.05. The van der Waals surface area contributed by atoms with E-state index in [0.717, 1.165) is 12.8 Å². The Morgan fingerprint density at radius 1 is 1.00 bits per heavy atom. The van der Waals surface area contributed by atoms with Crippen LogP contribution >= 0.6 is 27.3 Å². The molecule has 0 amide bonds. The Morgan fingerprint density at radius 2 is 1.71 bits per heavy atom. The minimum absolute atomic E-state index is 0.446. The number of thiophene rings is 1. The van der Waals surface area contributed by atoms with Gasteiger partial charge in [-0.1, -0.05) is 52.3 Å². The molecule has 2 aromatic carbocycles. The molecule has 0 saturated heterocycles. The maximum absolute atomic E-state index is 3.65. The molecule has 0 spiro atoms. The number of likely N-dealkylation sites (N-methyl/N-ethyl adjacent to an activating group) is 1. The van der Waals surface area contributed by atoms with Gasteiger partial charge in [0.15, 0.2) is 0 Å². The number of nitrogens with one attached hydrogen (secondary N) is 1. The van der Waals surface area contributed by atoms with Crippen LogP contribution in [0.2, 0.25) is 0 Å². The molecule has 3 heteroatoms. The molecule has 1 atom stereocenters. The Labute approximate surface area is 138 Å². The summed E-state index contributed by atoms with van der Waals surface area (Å²) in [6.45, 7) is 0. The monoisotopic (exact) mass is 359 g/mol. The van der Waals surface area contributed by atoms with Crippen LogP contribution in [0.25, 0.3) is 10.1 Å². The third-order valence-corrected chi connectivity index (χ3v) is 5.65. The lowest BCUT2D eigenvalue weighted by Crippen LogP contribution is -2.29. The van der Waals surface area contributed by atoms with E-state index in [0.29, 0.717) is 6.04 Å². The second-order valence-corrected chi connectivity index (χ2v) is 7.01. The molecule has 1 nitrogen and oxygen atoms in total. The lowest BCUT2D eigenvalue weighted by Gasteiger charge is -2.17. The zero-order valence-corrected chi connectivity index (χ0v) is 14.4. The molecule has 0 radical (unpaired) electrons. The first kappa shape index (κ1) is 14.8. The first-order chi connectivity index (χ1) is 10.3. The zero-order valence-electron chi connectivity index (χ0n) is 12.0.